The molecule has 1 nitrogen and oxygen atoms in total. The van der Waals surface area contributed by atoms with Crippen LogP contribution in [0.3, 0.4) is 0 Å². The quantitative estimate of drug-likeness (QED) is 0.428. The van der Waals surface area contributed by atoms with Gasteiger partial charge in [0.15, 0.2) is 0 Å². The molecule has 0 radical (unpaired) electrons. The van der Waals surface area contributed by atoms with Crippen LogP contribution in [0.4, 0.5) is 4.39 Å². The zero-order valence-electron chi connectivity index (χ0n) is 6.84. The number of hydrogen-bond acceptors (Lipinski definition) is 0. The molecule has 0 atom stereocenters. The highest BCUT2D eigenvalue weighted by Crippen LogP contribution is 2.12. The molecule has 0 aliphatic rings. The predicted molar refractivity (Wildman–Crippen MR) is 41.4 cm³/mol. The first-order valence-electron chi connectivity index (χ1n) is 3.64. The summed E-state index contributed by atoms with van der Waals surface area (Å²) in [6.45, 7) is 3.89. The van der Waals surface area contributed by atoms with Crippen molar-refractivity contribution < 1.29 is 8.96 Å². The van der Waals surface area contributed by atoms with Gasteiger partial charge in [0.2, 0.25) is 0 Å². The monoisotopic (exact) mass is 153 g/mol. The molecule has 1 aromatic heterocycles. The van der Waals surface area contributed by atoms with Crippen molar-refractivity contribution >= 4 is 0 Å². The van der Waals surface area contributed by atoms with Crippen molar-refractivity contribution in [1.82, 2.24) is 0 Å². The van der Waals surface area contributed by atoms with Gasteiger partial charge in [0.25, 0.3) is 0 Å². The first kappa shape index (κ1) is 8.05. The number of pyridine rings is 1. The number of aromatic nitrogens is 1. The standard InChI is InChI=1S/C9H12FN/c1-7(2)9-8(10)5-4-6-11(9)3/h4-7H,3H2,1-2H3. The molecule has 0 aliphatic heterocycles. The summed E-state index contributed by atoms with van der Waals surface area (Å²) in [6, 6.07) is 3.10. The topological polar surface area (TPSA) is 3.88 Å². The van der Waals surface area contributed by atoms with Gasteiger partial charge in [-0.2, -0.15) is 0 Å². The molecule has 0 spiro atoms. The van der Waals surface area contributed by atoms with Crippen LogP contribution >= 0.6 is 0 Å². The van der Waals surface area contributed by atoms with E-state index in [-0.39, 0.29) is 11.7 Å². The van der Waals surface area contributed by atoms with E-state index in [0.717, 1.165) is 0 Å². The molecule has 1 rings (SSSR count). The SMILES string of the molecule is [CH2-][n+]1cccc(F)c1C(C)C. The number of hydrogen-bond donors (Lipinski definition) is 0. The van der Waals surface area contributed by atoms with E-state index in [1.807, 2.05) is 13.8 Å². The largest absolute Gasteiger partial charge is 0.334 e. The molecule has 0 saturated carbocycles. The van der Waals surface area contributed by atoms with Gasteiger partial charge in [0.05, 0.1) is 6.20 Å². The van der Waals surface area contributed by atoms with Crippen molar-refractivity contribution in [2.24, 2.45) is 0 Å². The maximum atomic E-state index is 13.0. The lowest BCUT2D eigenvalue weighted by molar-refractivity contribution is -0.623. The molecule has 0 fully saturated rings. The molecular weight excluding hydrogens is 141 g/mol. The van der Waals surface area contributed by atoms with Gasteiger partial charge in [0.1, 0.15) is 11.5 Å². The average molecular weight is 153 g/mol. The minimum atomic E-state index is -0.183. The predicted octanol–water partition coefficient (Wildman–Crippen LogP) is 1.88. The van der Waals surface area contributed by atoms with E-state index in [2.05, 4.69) is 7.05 Å². The molecule has 0 unspecified atom stereocenters. The van der Waals surface area contributed by atoms with Gasteiger partial charge < -0.3 is 4.57 Å². The fourth-order valence-electron chi connectivity index (χ4n) is 1.14. The van der Waals surface area contributed by atoms with Gasteiger partial charge in [-0.1, -0.05) is 19.9 Å². The Kier molecular flexibility index (Phi) is 2.13. The Balaban J connectivity index is 3.21. The summed E-state index contributed by atoms with van der Waals surface area (Å²) in [5.74, 6) is -0.00815. The van der Waals surface area contributed by atoms with Gasteiger partial charge in [0, 0.05) is 7.05 Å². The van der Waals surface area contributed by atoms with Gasteiger partial charge in [-0.05, 0) is 12.0 Å². The Bertz CT molecular complexity index is 235. The van der Waals surface area contributed by atoms with Gasteiger partial charge in [-0.15, -0.1) is 0 Å². The van der Waals surface area contributed by atoms with Crippen molar-refractivity contribution in [2.75, 3.05) is 0 Å². The first-order valence-corrected chi connectivity index (χ1v) is 3.64. The molecule has 60 valence electrons. The van der Waals surface area contributed by atoms with E-state index in [4.69, 9.17) is 0 Å². The average Bonchev–Trinajstić information content (AvgIpc) is 1.85. The van der Waals surface area contributed by atoms with E-state index < -0.39 is 0 Å². The molecule has 11 heavy (non-hydrogen) atoms. The van der Waals surface area contributed by atoms with Crippen LogP contribution in [0.1, 0.15) is 25.5 Å². The summed E-state index contributed by atoms with van der Waals surface area (Å²) in [6.07, 6.45) is 1.75. The summed E-state index contributed by atoms with van der Waals surface area (Å²) in [5, 5.41) is 0. The molecular formula is C9H12FN. The fourth-order valence-corrected chi connectivity index (χ4v) is 1.14. The number of rotatable bonds is 1. The Morgan fingerprint density at radius 2 is 2.18 bits per heavy atom. The second-order valence-corrected chi connectivity index (χ2v) is 2.87. The van der Waals surface area contributed by atoms with Crippen LogP contribution < -0.4 is 4.57 Å². The summed E-state index contributed by atoms with van der Waals surface area (Å²) in [4.78, 5) is 0. The van der Waals surface area contributed by atoms with Crippen LogP contribution in [0.2, 0.25) is 0 Å². The lowest BCUT2D eigenvalue weighted by Gasteiger charge is -2.10. The second kappa shape index (κ2) is 2.91. The third-order valence-corrected chi connectivity index (χ3v) is 1.61. The summed E-state index contributed by atoms with van der Waals surface area (Å²) in [5.41, 5.74) is 0.646. The molecule has 0 saturated heterocycles. The highest BCUT2D eigenvalue weighted by Gasteiger charge is 2.08. The Labute approximate surface area is 66.5 Å². The van der Waals surface area contributed by atoms with E-state index in [1.54, 1.807) is 16.8 Å². The van der Waals surface area contributed by atoms with Crippen LogP contribution in [0, 0.1) is 12.9 Å². The van der Waals surface area contributed by atoms with Gasteiger partial charge in [-0.3, -0.25) is 0 Å². The maximum absolute atomic E-state index is 13.0. The summed E-state index contributed by atoms with van der Waals surface area (Å²) in [7, 11) is 3.68. The molecule has 0 N–H and O–H groups in total. The normalized spacial score (nSPS) is 10.5. The zero-order chi connectivity index (χ0) is 8.43. The number of nitrogens with zero attached hydrogens (tertiary/aromatic N) is 1. The van der Waals surface area contributed by atoms with Gasteiger partial charge in [-0.25, -0.2) is 4.39 Å². The van der Waals surface area contributed by atoms with Crippen molar-refractivity contribution in [3.8, 4) is 0 Å². The van der Waals surface area contributed by atoms with Gasteiger partial charge >= 0.3 is 0 Å². The van der Waals surface area contributed by atoms with E-state index >= 15 is 0 Å². The molecule has 0 bridgehead atoms. The van der Waals surface area contributed by atoms with Crippen molar-refractivity contribution in [2.45, 2.75) is 19.8 Å². The van der Waals surface area contributed by atoms with E-state index in [0.29, 0.717) is 5.69 Å². The van der Waals surface area contributed by atoms with Crippen LogP contribution in [0.25, 0.3) is 0 Å². The third kappa shape index (κ3) is 1.50. The second-order valence-electron chi connectivity index (χ2n) is 2.87. The summed E-state index contributed by atoms with van der Waals surface area (Å²) < 4.78 is 14.6. The summed E-state index contributed by atoms with van der Waals surface area (Å²) >= 11 is 0. The first-order chi connectivity index (χ1) is 5.13. The molecule has 1 aromatic rings. The lowest BCUT2D eigenvalue weighted by atomic mass is 10.1. The molecule has 2 heteroatoms. The Morgan fingerprint density at radius 1 is 1.55 bits per heavy atom. The van der Waals surface area contributed by atoms with Crippen LogP contribution in [-0.2, 0) is 0 Å². The van der Waals surface area contributed by atoms with Crippen molar-refractivity contribution in [1.29, 1.82) is 0 Å². The van der Waals surface area contributed by atoms with Crippen molar-refractivity contribution in [3.63, 3.8) is 0 Å². The maximum Gasteiger partial charge on any atom is 0.133 e. The minimum absolute atomic E-state index is 0.175. The lowest BCUT2D eigenvalue weighted by Crippen LogP contribution is -2.32. The zero-order valence-corrected chi connectivity index (χ0v) is 6.84. The van der Waals surface area contributed by atoms with Crippen LogP contribution in [0.15, 0.2) is 18.3 Å². The highest BCUT2D eigenvalue weighted by molar-refractivity contribution is 5.04. The molecule has 0 aromatic carbocycles. The minimum Gasteiger partial charge on any atom is -0.334 e. The van der Waals surface area contributed by atoms with Crippen LogP contribution in [0.5, 0.6) is 0 Å². The third-order valence-electron chi connectivity index (χ3n) is 1.61. The highest BCUT2D eigenvalue weighted by atomic mass is 19.1. The Hall–Kier alpha value is -1.05. The fraction of sp³-hybridized carbons (Fsp3) is 0.333. The number of halogens is 1. The molecule has 0 amide bonds. The van der Waals surface area contributed by atoms with E-state index in [9.17, 15) is 4.39 Å². The van der Waals surface area contributed by atoms with E-state index in [1.165, 1.54) is 6.07 Å². The van der Waals surface area contributed by atoms with Crippen LogP contribution in [-0.4, -0.2) is 0 Å². The van der Waals surface area contributed by atoms with Crippen molar-refractivity contribution in [3.05, 3.63) is 36.9 Å². The molecule has 0 aliphatic carbocycles. The Morgan fingerprint density at radius 3 is 2.55 bits per heavy atom. The smallest absolute Gasteiger partial charge is 0.133 e. The molecule has 1 heterocycles.